The van der Waals surface area contributed by atoms with Crippen LogP contribution < -0.4 is 10.6 Å². The summed E-state index contributed by atoms with van der Waals surface area (Å²) in [5, 5.41) is 18.3. The highest BCUT2D eigenvalue weighted by Crippen LogP contribution is 2.28. The molecule has 4 rings (SSSR count). The highest BCUT2D eigenvalue weighted by atomic mass is 35.5. The molecule has 2 aliphatic rings. The summed E-state index contributed by atoms with van der Waals surface area (Å²) >= 11 is 6.15. The number of aromatic nitrogens is 1. The first-order chi connectivity index (χ1) is 14.1. The number of carbonyl (C=O) groups is 2. The first kappa shape index (κ1) is 22.1. The maximum absolute atomic E-state index is 12.4. The largest absolute Gasteiger partial charge is 0.490 e. The zero-order valence-corrected chi connectivity index (χ0v) is 16.3. The topological polar surface area (TPSA) is 104 Å². The molecule has 30 heavy (non-hydrogen) atoms. The maximum atomic E-state index is 12.4. The number of piperidine rings is 1. The molecule has 1 aromatic carbocycles. The molecular weight excluding hydrogens is 427 g/mol. The molecule has 2 bridgehead atoms. The fraction of sp³-hybridized carbons (Fsp3) is 0.421. The normalized spacial score (nSPS) is 22.7. The van der Waals surface area contributed by atoms with Gasteiger partial charge in [-0.2, -0.15) is 13.2 Å². The van der Waals surface area contributed by atoms with Crippen molar-refractivity contribution in [3.8, 4) is 11.3 Å². The summed E-state index contributed by atoms with van der Waals surface area (Å²) in [4.78, 5) is 21.3. The molecule has 2 aromatic rings. The van der Waals surface area contributed by atoms with Gasteiger partial charge in [-0.15, -0.1) is 0 Å². The van der Waals surface area contributed by atoms with Crippen molar-refractivity contribution in [1.29, 1.82) is 0 Å². The Morgan fingerprint density at radius 3 is 2.37 bits per heavy atom. The number of carboxylic acid groups (broad SMARTS) is 1. The van der Waals surface area contributed by atoms with Crippen molar-refractivity contribution in [1.82, 2.24) is 15.8 Å². The van der Waals surface area contributed by atoms with E-state index in [1.165, 1.54) is 12.8 Å². The van der Waals surface area contributed by atoms with Crippen LogP contribution in [-0.2, 0) is 4.79 Å². The molecule has 1 amide bonds. The minimum atomic E-state index is -5.08. The van der Waals surface area contributed by atoms with Crippen molar-refractivity contribution in [3.63, 3.8) is 0 Å². The van der Waals surface area contributed by atoms with E-state index in [2.05, 4.69) is 15.8 Å². The van der Waals surface area contributed by atoms with Crippen molar-refractivity contribution in [2.75, 3.05) is 0 Å². The van der Waals surface area contributed by atoms with Gasteiger partial charge >= 0.3 is 12.1 Å². The van der Waals surface area contributed by atoms with E-state index in [0.717, 1.165) is 18.4 Å². The van der Waals surface area contributed by atoms with E-state index in [1.54, 1.807) is 12.1 Å². The van der Waals surface area contributed by atoms with Crippen LogP contribution >= 0.6 is 11.6 Å². The number of fused-ring (bicyclic) bond motifs is 2. The quantitative estimate of drug-likeness (QED) is 0.666. The van der Waals surface area contributed by atoms with Gasteiger partial charge in [0.2, 0.25) is 5.76 Å². The highest BCUT2D eigenvalue weighted by molar-refractivity contribution is 6.33. The van der Waals surface area contributed by atoms with E-state index < -0.39 is 12.1 Å². The molecule has 162 valence electrons. The molecule has 3 atom stereocenters. The van der Waals surface area contributed by atoms with Gasteiger partial charge in [-0.25, -0.2) is 4.79 Å². The lowest BCUT2D eigenvalue weighted by Gasteiger charge is -2.29. The monoisotopic (exact) mass is 445 g/mol. The summed E-state index contributed by atoms with van der Waals surface area (Å²) in [6.45, 7) is 0. The van der Waals surface area contributed by atoms with Crippen LogP contribution in [-0.4, -0.2) is 46.4 Å². The number of alkyl halides is 3. The molecule has 0 saturated carbocycles. The predicted octanol–water partition coefficient (Wildman–Crippen LogP) is 3.64. The minimum absolute atomic E-state index is 0.204. The van der Waals surface area contributed by atoms with Crippen LogP contribution in [0.5, 0.6) is 0 Å². The second-order valence-electron chi connectivity index (χ2n) is 7.14. The molecule has 0 spiro atoms. The lowest BCUT2D eigenvalue weighted by atomic mass is 10.00. The number of amides is 1. The number of nitrogens with one attached hydrogen (secondary N) is 2. The zero-order chi connectivity index (χ0) is 21.9. The third-order valence-corrected chi connectivity index (χ3v) is 5.26. The first-order valence-corrected chi connectivity index (χ1v) is 9.60. The van der Waals surface area contributed by atoms with Crippen LogP contribution in [0.4, 0.5) is 13.2 Å². The molecule has 0 radical (unpaired) electrons. The Kier molecular flexibility index (Phi) is 6.67. The van der Waals surface area contributed by atoms with E-state index in [4.69, 9.17) is 26.0 Å². The minimum Gasteiger partial charge on any atom is -0.475 e. The van der Waals surface area contributed by atoms with E-state index in [9.17, 15) is 18.0 Å². The summed E-state index contributed by atoms with van der Waals surface area (Å²) in [5.74, 6) is -2.74. The smallest absolute Gasteiger partial charge is 0.475 e. The predicted molar refractivity (Wildman–Crippen MR) is 101 cm³/mol. The van der Waals surface area contributed by atoms with Crippen LogP contribution in [0, 0.1) is 0 Å². The van der Waals surface area contributed by atoms with Crippen LogP contribution in [0.15, 0.2) is 34.9 Å². The summed E-state index contributed by atoms with van der Waals surface area (Å²) in [6, 6.07) is 10.3. The van der Waals surface area contributed by atoms with E-state index in [-0.39, 0.29) is 17.7 Å². The molecule has 2 aliphatic heterocycles. The Hall–Kier alpha value is -2.59. The molecule has 7 nitrogen and oxygen atoms in total. The molecule has 11 heteroatoms. The Balaban J connectivity index is 0.000000318. The summed E-state index contributed by atoms with van der Waals surface area (Å²) in [5.41, 5.74) is 1.34. The molecular formula is C19H19ClF3N3O4. The Morgan fingerprint density at radius 2 is 1.80 bits per heavy atom. The number of aliphatic carboxylic acids is 1. The van der Waals surface area contributed by atoms with Crippen molar-refractivity contribution in [2.45, 2.75) is 50.0 Å². The van der Waals surface area contributed by atoms with Crippen LogP contribution in [0.1, 0.15) is 36.2 Å². The van der Waals surface area contributed by atoms with Gasteiger partial charge in [0.15, 0.2) is 0 Å². The number of carboxylic acids is 1. The number of nitrogens with zero attached hydrogens (tertiary/aromatic N) is 1. The van der Waals surface area contributed by atoms with Crippen molar-refractivity contribution in [2.24, 2.45) is 0 Å². The molecule has 2 saturated heterocycles. The van der Waals surface area contributed by atoms with Crippen LogP contribution in [0.2, 0.25) is 5.02 Å². The Morgan fingerprint density at radius 1 is 1.20 bits per heavy atom. The fourth-order valence-electron chi connectivity index (χ4n) is 3.61. The summed E-state index contributed by atoms with van der Waals surface area (Å²) in [7, 11) is 0. The molecule has 1 aromatic heterocycles. The van der Waals surface area contributed by atoms with Gasteiger partial charge in [-0.05, 0) is 31.7 Å². The maximum Gasteiger partial charge on any atom is 0.490 e. The molecule has 1 unspecified atom stereocenters. The summed E-state index contributed by atoms with van der Waals surface area (Å²) < 4.78 is 36.9. The summed E-state index contributed by atoms with van der Waals surface area (Å²) in [6.07, 6.45) is -0.715. The lowest BCUT2D eigenvalue weighted by molar-refractivity contribution is -0.192. The fourth-order valence-corrected chi connectivity index (χ4v) is 3.84. The van der Waals surface area contributed by atoms with Gasteiger partial charge in [0.05, 0.1) is 5.02 Å². The second-order valence-corrected chi connectivity index (χ2v) is 7.55. The van der Waals surface area contributed by atoms with E-state index in [1.807, 2.05) is 18.2 Å². The molecule has 3 N–H and O–H groups in total. The van der Waals surface area contributed by atoms with E-state index >= 15 is 0 Å². The second kappa shape index (κ2) is 9.05. The molecule has 0 aliphatic carbocycles. The average Bonchev–Trinajstić information content (AvgIpc) is 3.29. The lowest BCUT2D eigenvalue weighted by Crippen LogP contribution is -2.47. The van der Waals surface area contributed by atoms with Gasteiger partial charge in [0.1, 0.15) is 5.69 Å². The third kappa shape index (κ3) is 5.51. The van der Waals surface area contributed by atoms with Crippen molar-refractivity contribution < 1.29 is 32.4 Å². The highest BCUT2D eigenvalue weighted by Gasteiger charge is 2.38. The van der Waals surface area contributed by atoms with E-state index in [0.29, 0.717) is 22.8 Å². The standard InChI is InChI=1S/C17H18ClN3O2.C2HF3O2/c18-14-4-2-1-3-13(14)15-9-16(23-21-15)17(22)20-12-7-10-5-6-11(8-12)19-10;3-2(4,5)1(6)7/h1-4,9-12,19H,5-8H2,(H,20,22);(H,6,7)/t10-,11+,12?;. The SMILES string of the molecule is O=C(NC1C[C@H]2CC[C@@H](C1)N2)c1cc(-c2ccccc2Cl)no1.O=C(O)C(F)(F)F. The zero-order valence-electron chi connectivity index (χ0n) is 15.6. The van der Waals surface area contributed by atoms with Gasteiger partial charge in [0.25, 0.3) is 5.91 Å². The Labute approximate surface area is 174 Å². The van der Waals surface area contributed by atoms with Crippen LogP contribution in [0.25, 0.3) is 11.3 Å². The molecule has 2 fully saturated rings. The Bertz CT molecular complexity index is 906. The number of benzene rings is 1. The van der Waals surface area contributed by atoms with Crippen molar-refractivity contribution in [3.05, 3.63) is 41.1 Å². The number of rotatable bonds is 3. The number of halogens is 4. The van der Waals surface area contributed by atoms with Gasteiger partial charge < -0.3 is 20.3 Å². The van der Waals surface area contributed by atoms with Crippen LogP contribution in [0.3, 0.4) is 0 Å². The number of hydrogen-bond acceptors (Lipinski definition) is 5. The molecule has 3 heterocycles. The number of hydrogen-bond donors (Lipinski definition) is 3. The van der Waals surface area contributed by atoms with Gasteiger partial charge in [-0.1, -0.05) is 35.0 Å². The first-order valence-electron chi connectivity index (χ1n) is 9.22. The van der Waals surface area contributed by atoms with Crippen molar-refractivity contribution >= 4 is 23.5 Å². The third-order valence-electron chi connectivity index (χ3n) is 4.93. The number of carbonyl (C=O) groups excluding carboxylic acids is 1. The van der Waals surface area contributed by atoms with Gasteiger partial charge in [0, 0.05) is 29.8 Å². The average molecular weight is 446 g/mol. The van der Waals surface area contributed by atoms with Gasteiger partial charge in [-0.3, -0.25) is 4.79 Å².